The molecule has 0 radical (unpaired) electrons. The summed E-state index contributed by atoms with van der Waals surface area (Å²) < 4.78 is 13.6. The predicted molar refractivity (Wildman–Crippen MR) is 53.1 cm³/mol. The maximum atomic E-state index is 11.3. The van der Waals surface area contributed by atoms with E-state index in [0.717, 1.165) is 0 Å². The Kier molecular flexibility index (Phi) is 7.84. The average molecular weight is 293 g/mol. The van der Waals surface area contributed by atoms with Crippen molar-refractivity contribution in [2.45, 2.75) is 13.5 Å². The fourth-order valence-electron chi connectivity index (χ4n) is 1.15. The molecule has 1 aromatic rings. The molecule has 0 N–H and O–H groups in total. The van der Waals surface area contributed by atoms with Crippen molar-refractivity contribution in [2.24, 2.45) is 7.05 Å². The number of halogens is 1. The predicted octanol–water partition coefficient (Wildman–Crippen LogP) is -3.10. The van der Waals surface area contributed by atoms with Crippen molar-refractivity contribution in [3.63, 3.8) is 0 Å². The number of aryl methyl sites for hydroxylation is 1. The smallest absolute Gasteiger partial charge is 0.348 e. The number of imidazole rings is 1. The summed E-state index contributed by atoms with van der Waals surface area (Å²) >= 11 is 0. The van der Waals surface area contributed by atoms with E-state index in [-0.39, 0.29) is 29.5 Å². The molecule has 0 saturated heterocycles. The van der Waals surface area contributed by atoms with Crippen LogP contribution in [-0.4, -0.2) is 30.4 Å². The highest BCUT2D eigenvalue weighted by Gasteiger charge is 2.08. The van der Waals surface area contributed by atoms with Crippen LogP contribution in [0.4, 0.5) is 0 Å². The monoisotopic (exact) mass is 292 g/mol. The summed E-state index contributed by atoms with van der Waals surface area (Å²) in [5, 5.41) is 0. The lowest BCUT2D eigenvalue weighted by Crippen LogP contribution is -3.00. The van der Waals surface area contributed by atoms with Gasteiger partial charge in [-0.3, -0.25) is 0 Å². The van der Waals surface area contributed by atoms with Crippen molar-refractivity contribution in [3.05, 3.63) is 18.7 Å². The van der Waals surface area contributed by atoms with Crippen LogP contribution >= 0.6 is 0 Å². The Bertz CT molecular complexity index is 315. The summed E-state index contributed by atoms with van der Waals surface area (Å²) in [5.74, 6) is -0.245. The molecule has 92 valence electrons. The van der Waals surface area contributed by atoms with Crippen LogP contribution in [0.3, 0.4) is 0 Å². The number of aromatic nitrogens is 2. The molecule has 0 fully saturated rings. The molecule has 0 bridgehead atoms. The Balaban J connectivity index is 0.00000225. The molecule has 0 spiro atoms. The molecule has 0 aliphatic carbocycles. The molecule has 0 aliphatic heterocycles. The fourth-order valence-corrected chi connectivity index (χ4v) is 1.15. The summed E-state index contributed by atoms with van der Waals surface area (Å²) in [7, 11) is 1.90. The van der Waals surface area contributed by atoms with Gasteiger partial charge in [0.2, 0.25) is 6.33 Å². The van der Waals surface area contributed by atoms with Gasteiger partial charge >= 0.3 is 5.97 Å². The molecule has 0 saturated carbocycles. The number of carbonyl (C=O) groups excluding carboxylic acids is 1. The van der Waals surface area contributed by atoms with E-state index in [1.165, 1.54) is 0 Å². The van der Waals surface area contributed by atoms with Crippen molar-refractivity contribution in [1.29, 1.82) is 0 Å². The van der Waals surface area contributed by atoms with Crippen LogP contribution in [0.1, 0.15) is 6.92 Å². The van der Waals surface area contributed by atoms with Crippen LogP contribution in [0.25, 0.3) is 0 Å². The average Bonchev–Trinajstić information content (AvgIpc) is 2.59. The van der Waals surface area contributed by atoms with Gasteiger partial charge in [0.1, 0.15) is 19.0 Å². The Morgan fingerprint density at radius 3 is 2.75 bits per heavy atom. The highest BCUT2D eigenvalue weighted by molar-refractivity contribution is 5.69. The fraction of sp³-hybridized carbons (Fsp3) is 0.600. The van der Waals surface area contributed by atoms with Crippen molar-refractivity contribution in [1.82, 2.24) is 4.57 Å². The Morgan fingerprint density at radius 2 is 2.19 bits per heavy atom. The van der Waals surface area contributed by atoms with Crippen LogP contribution in [-0.2, 0) is 27.9 Å². The maximum absolute atomic E-state index is 11.3. The van der Waals surface area contributed by atoms with Gasteiger partial charge in [0, 0.05) is 6.61 Å². The molecule has 1 rings (SSSR count). The van der Waals surface area contributed by atoms with Crippen LogP contribution in [0.15, 0.2) is 18.7 Å². The molecule has 1 heterocycles. The van der Waals surface area contributed by atoms with Gasteiger partial charge in [-0.05, 0) is 6.92 Å². The van der Waals surface area contributed by atoms with E-state index in [0.29, 0.717) is 19.8 Å². The first-order valence-electron chi connectivity index (χ1n) is 4.96. The summed E-state index contributed by atoms with van der Waals surface area (Å²) in [6.45, 7) is 3.57. The summed E-state index contributed by atoms with van der Waals surface area (Å²) in [6, 6.07) is 0. The van der Waals surface area contributed by atoms with E-state index in [2.05, 4.69) is 0 Å². The van der Waals surface area contributed by atoms with Crippen LogP contribution in [0, 0.1) is 0 Å². The van der Waals surface area contributed by atoms with E-state index in [1.807, 2.05) is 37.3 Å². The van der Waals surface area contributed by atoms with Crippen LogP contribution < -0.4 is 21.5 Å². The second-order valence-corrected chi connectivity index (χ2v) is 3.17. The molecule has 1 aromatic heterocycles. The third-order valence-electron chi connectivity index (χ3n) is 1.83. The van der Waals surface area contributed by atoms with Gasteiger partial charge < -0.3 is 26.5 Å². The lowest BCUT2D eigenvalue weighted by molar-refractivity contribution is -0.671. The first-order valence-corrected chi connectivity index (χ1v) is 4.96. The molecule has 16 heavy (non-hydrogen) atoms. The summed E-state index contributed by atoms with van der Waals surface area (Å²) in [6.07, 6.45) is 5.51. The zero-order valence-corrected chi connectivity index (χ0v) is 11.1. The first-order chi connectivity index (χ1) is 7.22. The third-order valence-corrected chi connectivity index (χ3v) is 1.83. The highest BCUT2D eigenvalue weighted by atomic mass is 79.9. The van der Waals surface area contributed by atoms with E-state index < -0.39 is 0 Å². The van der Waals surface area contributed by atoms with Gasteiger partial charge in [0.25, 0.3) is 0 Å². The number of hydrogen-bond donors (Lipinski definition) is 0. The quantitative estimate of drug-likeness (QED) is 0.317. The van der Waals surface area contributed by atoms with E-state index in [4.69, 9.17) is 9.47 Å². The molecule has 0 atom stereocenters. The Labute approximate surface area is 106 Å². The zero-order valence-electron chi connectivity index (χ0n) is 9.56. The summed E-state index contributed by atoms with van der Waals surface area (Å²) in [4.78, 5) is 11.3. The number of hydrogen-bond acceptors (Lipinski definition) is 3. The van der Waals surface area contributed by atoms with Gasteiger partial charge in [-0.2, -0.15) is 0 Å². The minimum absolute atomic E-state index is 0. The first kappa shape index (κ1) is 15.1. The molecular weight excluding hydrogens is 276 g/mol. The standard InChI is InChI=1S/C10H17N2O3.BrH/c1-3-14-6-7-15-10(13)8-12-5-4-11(2)9-12;/h4-5,9H,3,6-8H2,1-2H3;1H/q+1;/p-1. The normalized spacial score (nSPS) is 9.62. The van der Waals surface area contributed by atoms with E-state index in [1.54, 1.807) is 4.57 Å². The molecule has 0 aliphatic rings. The largest absolute Gasteiger partial charge is 1.00 e. The van der Waals surface area contributed by atoms with Crippen molar-refractivity contribution < 1.29 is 35.8 Å². The summed E-state index contributed by atoms with van der Waals surface area (Å²) in [5.41, 5.74) is 0. The van der Waals surface area contributed by atoms with Crippen molar-refractivity contribution >= 4 is 5.97 Å². The zero-order chi connectivity index (χ0) is 11.1. The highest BCUT2D eigenvalue weighted by Crippen LogP contribution is 1.88. The van der Waals surface area contributed by atoms with Crippen molar-refractivity contribution in [3.8, 4) is 0 Å². The number of rotatable bonds is 6. The number of carbonyl (C=O) groups is 1. The molecule has 0 aromatic carbocycles. The van der Waals surface area contributed by atoms with Gasteiger partial charge in [-0.25, -0.2) is 13.9 Å². The number of esters is 1. The second kappa shape index (κ2) is 8.29. The van der Waals surface area contributed by atoms with E-state index in [9.17, 15) is 4.79 Å². The number of nitrogens with zero attached hydrogens (tertiary/aromatic N) is 2. The minimum Gasteiger partial charge on any atom is -1.00 e. The Hall–Kier alpha value is -0.880. The van der Waals surface area contributed by atoms with E-state index >= 15 is 0 Å². The molecule has 6 heteroatoms. The molecular formula is C10H17BrN2O3. The molecule has 0 unspecified atom stereocenters. The molecule has 5 nitrogen and oxygen atoms in total. The SMILES string of the molecule is CCOCCOC(=O)Cn1cc[n+](C)c1.[Br-]. The second-order valence-electron chi connectivity index (χ2n) is 3.17. The third kappa shape index (κ3) is 5.87. The Morgan fingerprint density at radius 1 is 1.44 bits per heavy atom. The van der Waals surface area contributed by atoms with Crippen molar-refractivity contribution in [2.75, 3.05) is 19.8 Å². The van der Waals surface area contributed by atoms with Gasteiger partial charge in [0.05, 0.1) is 13.7 Å². The lowest BCUT2D eigenvalue weighted by Gasteiger charge is -2.02. The van der Waals surface area contributed by atoms with Gasteiger partial charge in [-0.15, -0.1) is 0 Å². The van der Waals surface area contributed by atoms with Gasteiger partial charge in [-0.1, -0.05) is 0 Å². The lowest BCUT2D eigenvalue weighted by atomic mass is 10.6. The van der Waals surface area contributed by atoms with Gasteiger partial charge in [0.15, 0.2) is 6.54 Å². The number of ether oxygens (including phenoxy) is 2. The maximum Gasteiger partial charge on any atom is 0.348 e. The molecule has 0 amide bonds. The minimum atomic E-state index is -0.245. The van der Waals surface area contributed by atoms with Crippen LogP contribution in [0.5, 0.6) is 0 Å². The van der Waals surface area contributed by atoms with Crippen LogP contribution in [0.2, 0.25) is 0 Å². The topological polar surface area (TPSA) is 44.3 Å².